The Morgan fingerprint density at radius 1 is 1.25 bits per heavy atom. The number of rotatable bonds is 3. The molecule has 3 heterocycles. The molecule has 2 fully saturated rings. The summed E-state index contributed by atoms with van der Waals surface area (Å²) in [6.45, 7) is 0.474. The highest BCUT2D eigenvalue weighted by molar-refractivity contribution is 5.99. The lowest BCUT2D eigenvalue weighted by molar-refractivity contribution is -0.127. The molecule has 1 N–H and O–H groups in total. The minimum Gasteiger partial charge on any atom is -0.348 e. The second kappa shape index (κ2) is 7.26. The van der Waals surface area contributed by atoms with Crippen LogP contribution >= 0.6 is 0 Å². The van der Waals surface area contributed by atoms with Crippen LogP contribution in [0.15, 0.2) is 36.5 Å². The molecule has 6 nitrogen and oxygen atoms in total. The van der Waals surface area contributed by atoms with Crippen LogP contribution < -0.4 is 10.2 Å². The fraction of sp³-hybridized carbons (Fsp3) is 0.400. The Morgan fingerprint density at radius 3 is 2.89 bits per heavy atom. The van der Waals surface area contributed by atoms with E-state index < -0.39 is 23.1 Å². The maximum atomic E-state index is 13.5. The van der Waals surface area contributed by atoms with E-state index in [0.29, 0.717) is 25.2 Å². The van der Waals surface area contributed by atoms with Crippen molar-refractivity contribution in [3.63, 3.8) is 0 Å². The number of hydrogen-bond acceptors (Lipinski definition) is 4. The van der Waals surface area contributed by atoms with Gasteiger partial charge in [0.2, 0.25) is 11.9 Å². The van der Waals surface area contributed by atoms with Gasteiger partial charge in [-0.25, -0.2) is 14.4 Å². The Labute approximate surface area is 161 Å². The first-order valence-corrected chi connectivity index (χ1v) is 9.34. The molecule has 2 aliphatic rings. The predicted molar refractivity (Wildman–Crippen MR) is 97.5 cm³/mol. The SMILES string of the molecule is O=C(N[C@H]1CCC[C@]2(CCN(c3cc(F)ccn3)C2=O)C1)c1cccc(F)n1. The van der Waals surface area contributed by atoms with E-state index in [-0.39, 0.29) is 17.6 Å². The van der Waals surface area contributed by atoms with Crippen LogP contribution in [0.25, 0.3) is 0 Å². The van der Waals surface area contributed by atoms with Crippen molar-refractivity contribution >= 4 is 17.6 Å². The number of anilines is 1. The molecule has 0 radical (unpaired) electrons. The number of nitrogens with one attached hydrogen (secondary N) is 1. The molecule has 2 atom stereocenters. The van der Waals surface area contributed by atoms with E-state index in [1.54, 1.807) is 0 Å². The third kappa shape index (κ3) is 3.46. The Bertz CT molecular complexity index is 923. The average molecular weight is 386 g/mol. The average Bonchev–Trinajstić information content (AvgIpc) is 2.97. The third-order valence-corrected chi connectivity index (χ3v) is 5.62. The van der Waals surface area contributed by atoms with Crippen molar-refractivity contribution < 1.29 is 18.4 Å². The van der Waals surface area contributed by atoms with E-state index in [1.165, 1.54) is 41.4 Å². The van der Waals surface area contributed by atoms with Crippen LogP contribution in [0.3, 0.4) is 0 Å². The molecule has 1 spiro atoms. The summed E-state index contributed by atoms with van der Waals surface area (Å²) in [6.07, 6.45) is 4.74. The van der Waals surface area contributed by atoms with Gasteiger partial charge < -0.3 is 5.32 Å². The van der Waals surface area contributed by atoms with Crippen molar-refractivity contribution in [1.29, 1.82) is 0 Å². The van der Waals surface area contributed by atoms with E-state index in [1.807, 2.05) is 0 Å². The first kappa shape index (κ1) is 18.5. The Morgan fingerprint density at radius 2 is 2.11 bits per heavy atom. The van der Waals surface area contributed by atoms with Gasteiger partial charge in [0.1, 0.15) is 17.3 Å². The summed E-state index contributed by atoms with van der Waals surface area (Å²) in [7, 11) is 0. The summed E-state index contributed by atoms with van der Waals surface area (Å²) in [5.74, 6) is -1.35. The highest BCUT2D eigenvalue weighted by Gasteiger charge is 2.50. The van der Waals surface area contributed by atoms with Gasteiger partial charge in [-0.05, 0) is 43.9 Å². The first-order valence-electron chi connectivity index (χ1n) is 9.34. The normalized spacial score (nSPS) is 24.6. The standard InChI is InChI=1S/C20H20F2N4O2/c21-13-6-9-23-17(11-13)26-10-8-20(19(26)28)7-2-3-14(12-20)24-18(27)15-4-1-5-16(22)25-15/h1,4-6,9,11,14H,2-3,7-8,10,12H2,(H,24,27)/t14-,20-/m0/s1. The maximum Gasteiger partial charge on any atom is 0.270 e. The van der Waals surface area contributed by atoms with Crippen LogP contribution in [0, 0.1) is 17.2 Å². The monoisotopic (exact) mass is 386 g/mol. The van der Waals surface area contributed by atoms with Crippen LogP contribution in [0.4, 0.5) is 14.6 Å². The van der Waals surface area contributed by atoms with Gasteiger partial charge in [0.25, 0.3) is 5.91 Å². The van der Waals surface area contributed by atoms with Crippen molar-refractivity contribution in [2.45, 2.75) is 38.1 Å². The van der Waals surface area contributed by atoms with Gasteiger partial charge in [0, 0.05) is 24.8 Å². The van der Waals surface area contributed by atoms with E-state index in [4.69, 9.17) is 0 Å². The Balaban J connectivity index is 1.47. The molecule has 8 heteroatoms. The van der Waals surface area contributed by atoms with E-state index >= 15 is 0 Å². The summed E-state index contributed by atoms with van der Waals surface area (Å²) in [4.78, 5) is 34.8. The number of nitrogens with zero attached hydrogens (tertiary/aromatic N) is 3. The molecular weight excluding hydrogens is 366 g/mol. The molecule has 28 heavy (non-hydrogen) atoms. The fourth-order valence-corrected chi connectivity index (χ4v) is 4.28. The summed E-state index contributed by atoms with van der Waals surface area (Å²) < 4.78 is 26.8. The molecule has 4 rings (SSSR count). The topological polar surface area (TPSA) is 75.2 Å². The van der Waals surface area contributed by atoms with Crippen molar-refractivity contribution in [1.82, 2.24) is 15.3 Å². The van der Waals surface area contributed by atoms with Gasteiger partial charge >= 0.3 is 0 Å². The van der Waals surface area contributed by atoms with E-state index in [0.717, 1.165) is 19.3 Å². The van der Waals surface area contributed by atoms with Crippen molar-refractivity contribution in [2.75, 3.05) is 11.4 Å². The molecule has 2 aromatic heterocycles. The molecule has 2 amide bonds. The number of aromatic nitrogens is 2. The number of pyridine rings is 2. The van der Waals surface area contributed by atoms with Crippen LogP contribution in [-0.2, 0) is 4.79 Å². The number of carbonyl (C=O) groups excluding carboxylic acids is 2. The Hall–Kier alpha value is -2.90. The molecule has 1 saturated carbocycles. The highest BCUT2D eigenvalue weighted by Crippen LogP contribution is 2.45. The Kier molecular flexibility index (Phi) is 4.78. The first-order chi connectivity index (χ1) is 13.5. The molecule has 1 aliphatic carbocycles. The molecule has 0 unspecified atom stereocenters. The quantitative estimate of drug-likeness (QED) is 0.823. The summed E-state index contributed by atoms with van der Waals surface area (Å²) in [5, 5.41) is 2.88. The minimum atomic E-state index is -0.711. The van der Waals surface area contributed by atoms with Gasteiger partial charge in [-0.3, -0.25) is 14.5 Å². The number of amides is 2. The fourth-order valence-electron chi connectivity index (χ4n) is 4.28. The zero-order valence-electron chi connectivity index (χ0n) is 15.2. The maximum absolute atomic E-state index is 13.5. The molecular formula is C20H20F2N4O2. The summed E-state index contributed by atoms with van der Waals surface area (Å²) in [5.41, 5.74) is -0.567. The molecule has 146 valence electrons. The van der Waals surface area contributed by atoms with Crippen LogP contribution in [0.1, 0.15) is 42.6 Å². The zero-order valence-corrected chi connectivity index (χ0v) is 15.2. The lowest BCUT2D eigenvalue weighted by Gasteiger charge is -2.36. The van der Waals surface area contributed by atoms with Crippen molar-refractivity contribution in [3.05, 3.63) is 54.0 Å². The largest absolute Gasteiger partial charge is 0.348 e. The minimum absolute atomic E-state index is 0.0166. The lowest BCUT2D eigenvalue weighted by atomic mass is 9.71. The third-order valence-electron chi connectivity index (χ3n) is 5.62. The van der Waals surface area contributed by atoms with Crippen LogP contribution in [-0.4, -0.2) is 34.4 Å². The van der Waals surface area contributed by atoms with E-state index in [9.17, 15) is 18.4 Å². The van der Waals surface area contributed by atoms with Crippen LogP contribution in [0.2, 0.25) is 0 Å². The number of halogens is 2. The zero-order chi connectivity index (χ0) is 19.7. The molecule has 1 saturated heterocycles. The van der Waals surface area contributed by atoms with E-state index in [2.05, 4.69) is 15.3 Å². The van der Waals surface area contributed by atoms with Crippen LogP contribution in [0.5, 0.6) is 0 Å². The number of carbonyl (C=O) groups is 2. The molecule has 0 bridgehead atoms. The summed E-state index contributed by atoms with van der Waals surface area (Å²) in [6, 6.07) is 6.37. The highest BCUT2D eigenvalue weighted by atomic mass is 19.1. The number of hydrogen-bond donors (Lipinski definition) is 1. The molecule has 2 aromatic rings. The van der Waals surface area contributed by atoms with Gasteiger partial charge in [-0.1, -0.05) is 12.5 Å². The second-order valence-electron chi connectivity index (χ2n) is 7.43. The molecule has 0 aromatic carbocycles. The van der Waals surface area contributed by atoms with Crippen molar-refractivity contribution in [3.8, 4) is 0 Å². The van der Waals surface area contributed by atoms with Gasteiger partial charge in [-0.15, -0.1) is 0 Å². The van der Waals surface area contributed by atoms with Gasteiger partial charge in [0.15, 0.2) is 0 Å². The van der Waals surface area contributed by atoms with Gasteiger partial charge in [0.05, 0.1) is 5.41 Å². The lowest BCUT2D eigenvalue weighted by Crippen LogP contribution is -2.46. The smallest absolute Gasteiger partial charge is 0.270 e. The molecule has 1 aliphatic heterocycles. The second-order valence-corrected chi connectivity index (χ2v) is 7.43. The van der Waals surface area contributed by atoms with Gasteiger partial charge in [-0.2, -0.15) is 4.39 Å². The van der Waals surface area contributed by atoms with Crippen molar-refractivity contribution in [2.24, 2.45) is 5.41 Å². The predicted octanol–water partition coefficient (Wildman–Crippen LogP) is 2.85. The summed E-state index contributed by atoms with van der Waals surface area (Å²) >= 11 is 0.